The molecular weight excluding hydrogens is 489 g/mol. The van der Waals surface area contributed by atoms with Crippen LogP contribution in [-0.2, 0) is 4.79 Å². The predicted octanol–water partition coefficient (Wildman–Crippen LogP) is 4.62. The van der Waals surface area contributed by atoms with Gasteiger partial charge in [-0.05, 0) is 79.8 Å². The van der Waals surface area contributed by atoms with E-state index in [1.807, 2.05) is 29.2 Å². The maximum atomic E-state index is 13.8. The Bertz CT molecular complexity index is 699. The van der Waals surface area contributed by atoms with E-state index in [0.29, 0.717) is 18.5 Å². The smallest absolute Gasteiger partial charge is 0.255 e. The highest BCUT2D eigenvalue weighted by Gasteiger charge is 2.37. The molecule has 0 aliphatic heterocycles. The molecule has 0 radical (unpaired) electrons. The highest BCUT2D eigenvalue weighted by molar-refractivity contribution is 14.1. The van der Waals surface area contributed by atoms with Crippen LogP contribution in [0.1, 0.15) is 87.4 Å². The number of amides is 2. The first-order valence-corrected chi connectivity index (χ1v) is 12.8. The summed E-state index contributed by atoms with van der Waals surface area (Å²) in [6.07, 6.45) is 12.5. The molecule has 2 amide bonds. The van der Waals surface area contributed by atoms with Gasteiger partial charge in [-0.1, -0.05) is 50.7 Å². The maximum absolute atomic E-state index is 13.8. The summed E-state index contributed by atoms with van der Waals surface area (Å²) in [6, 6.07) is 7.63. The van der Waals surface area contributed by atoms with E-state index in [1.165, 1.54) is 25.7 Å². The van der Waals surface area contributed by atoms with Crippen LogP contribution in [0.4, 0.5) is 0 Å². The van der Waals surface area contributed by atoms with Crippen molar-refractivity contribution in [2.45, 2.75) is 95.2 Å². The Morgan fingerprint density at radius 1 is 1.03 bits per heavy atom. The molecule has 30 heavy (non-hydrogen) atoms. The molecule has 2 aliphatic rings. The van der Waals surface area contributed by atoms with Gasteiger partial charge in [-0.25, -0.2) is 0 Å². The van der Waals surface area contributed by atoms with Crippen LogP contribution in [0, 0.1) is 3.57 Å². The molecule has 3 rings (SSSR count). The van der Waals surface area contributed by atoms with E-state index in [0.717, 1.165) is 48.5 Å². The van der Waals surface area contributed by atoms with Crippen molar-refractivity contribution in [3.63, 3.8) is 0 Å². The van der Waals surface area contributed by atoms with Crippen molar-refractivity contribution in [1.82, 2.24) is 10.2 Å². The minimum atomic E-state index is -0.443. The molecule has 0 spiro atoms. The Labute approximate surface area is 194 Å². The minimum Gasteiger partial charge on any atom is -0.352 e. The number of hydrogen-bond donors (Lipinski definition) is 2. The summed E-state index contributed by atoms with van der Waals surface area (Å²) in [5.74, 6) is 0.00734. The summed E-state index contributed by atoms with van der Waals surface area (Å²) in [6.45, 7) is 0.531. The molecule has 1 aromatic rings. The van der Waals surface area contributed by atoms with Gasteiger partial charge in [0, 0.05) is 15.7 Å². The van der Waals surface area contributed by atoms with Crippen LogP contribution in [0.5, 0.6) is 0 Å². The molecule has 0 aromatic heterocycles. The number of rotatable bonds is 8. The van der Waals surface area contributed by atoms with Gasteiger partial charge < -0.3 is 16.0 Å². The van der Waals surface area contributed by atoms with Gasteiger partial charge in [-0.15, -0.1) is 0 Å². The van der Waals surface area contributed by atoms with E-state index in [2.05, 4.69) is 27.9 Å². The Morgan fingerprint density at radius 2 is 1.67 bits per heavy atom. The normalized spacial score (nSPS) is 19.3. The molecule has 166 valence electrons. The first kappa shape index (κ1) is 23.5. The van der Waals surface area contributed by atoms with Crippen LogP contribution in [0.25, 0.3) is 0 Å². The molecule has 1 unspecified atom stereocenters. The number of benzene rings is 1. The summed E-state index contributed by atoms with van der Waals surface area (Å²) in [5.41, 5.74) is 6.52. The third kappa shape index (κ3) is 6.19. The molecule has 3 N–H and O–H groups in total. The topological polar surface area (TPSA) is 75.4 Å². The van der Waals surface area contributed by atoms with Crippen molar-refractivity contribution in [2.75, 3.05) is 6.54 Å². The molecule has 1 aromatic carbocycles. The average molecular weight is 525 g/mol. The van der Waals surface area contributed by atoms with Gasteiger partial charge in [0.2, 0.25) is 5.91 Å². The number of nitrogens with one attached hydrogen (secondary N) is 1. The van der Waals surface area contributed by atoms with Gasteiger partial charge in [0.25, 0.3) is 5.91 Å². The van der Waals surface area contributed by atoms with Gasteiger partial charge >= 0.3 is 0 Å². The summed E-state index contributed by atoms with van der Waals surface area (Å²) >= 11 is 2.23. The lowest BCUT2D eigenvalue weighted by Crippen LogP contribution is -2.56. The Hall–Kier alpha value is -1.15. The fraction of sp³-hybridized carbons (Fsp3) is 0.667. The number of nitrogens with zero attached hydrogens (tertiary/aromatic N) is 1. The highest BCUT2D eigenvalue weighted by Crippen LogP contribution is 2.29. The average Bonchev–Trinajstić information content (AvgIpc) is 2.78. The van der Waals surface area contributed by atoms with Crippen molar-refractivity contribution < 1.29 is 9.59 Å². The second-order valence-corrected chi connectivity index (χ2v) is 9.94. The van der Waals surface area contributed by atoms with Crippen LogP contribution in [0.3, 0.4) is 0 Å². The van der Waals surface area contributed by atoms with E-state index in [9.17, 15) is 9.59 Å². The number of carbonyl (C=O) groups excluding carboxylic acids is 2. The molecule has 0 bridgehead atoms. The van der Waals surface area contributed by atoms with Gasteiger partial charge in [0.15, 0.2) is 0 Å². The standard InChI is InChI=1S/C24H36IN3O2/c25-21-15-8-7-14-20(21)24(30)28(19-12-5-2-6-13-19)22(16-9-17-26)23(29)27-18-10-3-1-4-11-18/h7-8,14-15,18-19,22H,1-6,9-13,16-17,26H2,(H,27,29). The molecule has 0 heterocycles. The van der Waals surface area contributed by atoms with Crippen molar-refractivity contribution in [2.24, 2.45) is 5.73 Å². The van der Waals surface area contributed by atoms with Gasteiger partial charge in [0.1, 0.15) is 6.04 Å². The second-order valence-electron chi connectivity index (χ2n) is 8.77. The lowest BCUT2D eigenvalue weighted by molar-refractivity contribution is -0.127. The fourth-order valence-corrected chi connectivity index (χ4v) is 5.56. The monoisotopic (exact) mass is 525 g/mol. The third-order valence-corrected chi connectivity index (χ3v) is 7.52. The molecule has 6 heteroatoms. The molecule has 0 saturated heterocycles. The summed E-state index contributed by atoms with van der Waals surface area (Å²) in [7, 11) is 0. The third-order valence-electron chi connectivity index (χ3n) is 6.58. The highest BCUT2D eigenvalue weighted by atomic mass is 127. The molecule has 2 saturated carbocycles. The fourth-order valence-electron chi connectivity index (χ4n) is 4.95. The SMILES string of the molecule is NCCCC(C(=O)NC1CCCCC1)N(C(=O)c1ccccc1I)C1CCCCC1. The van der Waals surface area contributed by atoms with Crippen LogP contribution in [-0.4, -0.2) is 41.4 Å². The number of halogens is 1. The lowest BCUT2D eigenvalue weighted by Gasteiger charge is -2.40. The first-order chi connectivity index (χ1) is 14.6. The van der Waals surface area contributed by atoms with Crippen LogP contribution < -0.4 is 11.1 Å². The van der Waals surface area contributed by atoms with Crippen molar-refractivity contribution in [1.29, 1.82) is 0 Å². The molecule has 5 nitrogen and oxygen atoms in total. The zero-order chi connectivity index (χ0) is 21.3. The summed E-state index contributed by atoms with van der Waals surface area (Å²) in [5, 5.41) is 3.29. The Kier molecular flexibility index (Phi) is 9.43. The second kappa shape index (κ2) is 12.0. The molecule has 1 atom stereocenters. The minimum absolute atomic E-state index is 0.00674. The Morgan fingerprint density at radius 3 is 2.30 bits per heavy atom. The van der Waals surface area contributed by atoms with E-state index in [4.69, 9.17) is 5.73 Å². The van der Waals surface area contributed by atoms with Gasteiger partial charge in [0.05, 0.1) is 5.56 Å². The largest absolute Gasteiger partial charge is 0.352 e. The van der Waals surface area contributed by atoms with Crippen molar-refractivity contribution >= 4 is 34.4 Å². The lowest BCUT2D eigenvalue weighted by atomic mass is 9.91. The maximum Gasteiger partial charge on any atom is 0.255 e. The quantitative estimate of drug-likeness (QED) is 0.487. The van der Waals surface area contributed by atoms with Crippen molar-refractivity contribution in [3.05, 3.63) is 33.4 Å². The summed E-state index contributed by atoms with van der Waals surface area (Å²) < 4.78 is 0.936. The van der Waals surface area contributed by atoms with E-state index in [-0.39, 0.29) is 23.9 Å². The molecule has 2 aliphatic carbocycles. The van der Waals surface area contributed by atoms with E-state index < -0.39 is 6.04 Å². The number of hydrogen-bond acceptors (Lipinski definition) is 3. The van der Waals surface area contributed by atoms with Gasteiger partial charge in [-0.3, -0.25) is 9.59 Å². The Balaban J connectivity index is 1.88. The van der Waals surface area contributed by atoms with E-state index >= 15 is 0 Å². The molecular formula is C24H36IN3O2. The summed E-state index contributed by atoms with van der Waals surface area (Å²) in [4.78, 5) is 29.2. The number of carbonyl (C=O) groups is 2. The zero-order valence-corrected chi connectivity index (χ0v) is 20.1. The van der Waals surface area contributed by atoms with Crippen LogP contribution in [0.15, 0.2) is 24.3 Å². The zero-order valence-electron chi connectivity index (χ0n) is 18.0. The predicted molar refractivity (Wildman–Crippen MR) is 129 cm³/mol. The van der Waals surface area contributed by atoms with Gasteiger partial charge in [-0.2, -0.15) is 0 Å². The van der Waals surface area contributed by atoms with Crippen LogP contribution >= 0.6 is 22.6 Å². The first-order valence-electron chi connectivity index (χ1n) is 11.7. The van der Waals surface area contributed by atoms with E-state index in [1.54, 1.807) is 0 Å². The van der Waals surface area contributed by atoms with Crippen LogP contribution in [0.2, 0.25) is 0 Å². The van der Waals surface area contributed by atoms with Crippen molar-refractivity contribution in [3.8, 4) is 0 Å². The number of nitrogens with two attached hydrogens (primary N) is 1. The molecule has 2 fully saturated rings.